The Balaban J connectivity index is 1.44. The lowest BCUT2D eigenvalue weighted by molar-refractivity contribution is -0.136. The van der Waals surface area contributed by atoms with E-state index in [1.807, 2.05) is 73.7 Å². The van der Waals surface area contributed by atoms with E-state index in [0.29, 0.717) is 17.8 Å². The van der Waals surface area contributed by atoms with Crippen molar-refractivity contribution < 1.29 is 14.3 Å². The van der Waals surface area contributed by atoms with Gasteiger partial charge in [0.15, 0.2) is 0 Å². The number of morpholine rings is 1. The Morgan fingerprint density at radius 1 is 0.853 bits per heavy atom. The fourth-order valence-corrected chi connectivity index (χ4v) is 4.63. The second kappa shape index (κ2) is 9.79. The molecule has 0 unspecified atom stereocenters. The molecule has 0 aliphatic carbocycles. The van der Waals surface area contributed by atoms with Gasteiger partial charge in [0.1, 0.15) is 5.70 Å². The van der Waals surface area contributed by atoms with E-state index in [1.54, 1.807) is 0 Å². The van der Waals surface area contributed by atoms with E-state index in [-0.39, 0.29) is 11.8 Å². The van der Waals surface area contributed by atoms with Crippen LogP contribution in [-0.2, 0) is 14.3 Å². The minimum atomic E-state index is -0.268. The number of anilines is 1. The maximum Gasteiger partial charge on any atom is 0.278 e. The number of carbonyl (C=O) groups is 2. The first kappa shape index (κ1) is 22.3. The van der Waals surface area contributed by atoms with Crippen molar-refractivity contribution in [2.45, 2.75) is 13.3 Å². The molecular formula is C28H29N3O3. The third-order valence-corrected chi connectivity index (χ3v) is 6.52. The molecule has 0 radical (unpaired) electrons. The van der Waals surface area contributed by atoms with E-state index in [4.69, 9.17) is 4.74 Å². The smallest absolute Gasteiger partial charge is 0.278 e. The first-order valence-corrected chi connectivity index (χ1v) is 11.8. The Hall–Kier alpha value is -3.48. The maximum atomic E-state index is 13.5. The van der Waals surface area contributed by atoms with E-state index in [1.165, 1.54) is 4.90 Å². The average Bonchev–Trinajstić information content (AvgIpc) is 3.10. The Kier molecular flexibility index (Phi) is 6.43. The van der Waals surface area contributed by atoms with Gasteiger partial charge in [0.05, 0.1) is 18.8 Å². The summed E-state index contributed by atoms with van der Waals surface area (Å²) in [7, 11) is 0. The number of rotatable bonds is 7. The molecule has 2 amide bonds. The largest absolute Gasteiger partial charge is 0.379 e. The number of benzene rings is 3. The fourth-order valence-electron chi connectivity index (χ4n) is 4.63. The second-order valence-corrected chi connectivity index (χ2v) is 8.84. The van der Waals surface area contributed by atoms with Gasteiger partial charge in [-0.1, -0.05) is 66.2 Å². The van der Waals surface area contributed by atoms with Crippen molar-refractivity contribution in [3.63, 3.8) is 0 Å². The van der Waals surface area contributed by atoms with Crippen LogP contribution >= 0.6 is 0 Å². The molecule has 0 aromatic heterocycles. The summed E-state index contributed by atoms with van der Waals surface area (Å²) in [5, 5.41) is 5.42. The molecule has 2 aliphatic rings. The number of hydrogen-bond donors (Lipinski definition) is 1. The van der Waals surface area contributed by atoms with Gasteiger partial charge in [0.2, 0.25) is 0 Å². The summed E-state index contributed by atoms with van der Waals surface area (Å²) in [6.45, 7) is 6.50. The number of aryl methyl sites for hydroxylation is 1. The van der Waals surface area contributed by atoms with Crippen molar-refractivity contribution in [1.29, 1.82) is 0 Å². The van der Waals surface area contributed by atoms with Gasteiger partial charge in [-0.05, 0) is 30.4 Å². The zero-order valence-electron chi connectivity index (χ0n) is 19.4. The molecule has 1 N–H and O–H groups in total. The van der Waals surface area contributed by atoms with Gasteiger partial charge in [-0.25, -0.2) is 0 Å². The molecule has 174 valence electrons. The summed E-state index contributed by atoms with van der Waals surface area (Å²) in [6, 6.07) is 21.7. The molecule has 0 atom stereocenters. The zero-order valence-corrected chi connectivity index (χ0v) is 19.4. The molecule has 0 saturated carbocycles. The van der Waals surface area contributed by atoms with E-state index in [0.717, 1.165) is 66.9 Å². The van der Waals surface area contributed by atoms with Crippen LogP contribution in [0.2, 0.25) is 0 Å². The van der Waals surface area contributed by atoms with E-state index in [9.17, 15) is 9.59 Å². The molecule has 1 saturated heterocycles. The molecule has 0 bridgehead atoms. The van der Waals surface area contributed by atoms with Crippen LogP contribution < -0.4 is 5.32 Å². The highest BCUT2D eigenvalue weighted by molar-refractivity contribution is 6.36. The molecule has 6 heteroatoms. The molecule has 2 aliphatic heterocycles. The number of amides is 2. The zero-order chi connectivity index (χ0) is 23.5. The summed E-state index contributed by atoms with van der Waals surface area (Å²) in [4.78, 5) is 30.8. The highest BCUT2D eigenvalue weighted by Crippen LogP contribution is 2.33. The normalized spacial score (nSPS) is 17.1. The summed E-state index contributed by atoms with van der Waals surface area (Å²) < 4.78 is 5.41. The van der Waals surface area contributed by atoms with Crippen LogP contribution in [0, 0.1) is 6.92 Å². The minimum Gasteiger partial charge on any atom is -0.379 e. The van der Waals surface area contributed by atoms with Crippen LogP contribution in [0.15, 0.2) is 72.4 Å². The first-order chi connectivity index (χ1) is 16.6. The highest BCUT2D eigenvalue weighted by atomic mass is 16.5. The number of ether oxygens (including phenoxy) is 1. The third-order valence-electron chi connectivity index (χ3n) is 6.52. The molecule has 0 spiro atoms. The Morgan fingerprint density at radius 3 is 2.38 bits per heavy atom. The molecule has 6 nitrogen and oxygen atoms in total. The Labute approximate surface area is 199 Å². The maximum absolute atomic E-state index is 13.5. The highest BCUT2D eigenvalue weighted by Gasteiger charge is 2.39. The molecule has 2 heterocycles. The molecule has 34 heavy (non-hydrogen) atoms. The van der Waals surface area contributed by atoms with Crippen molar-refractivity contribution in [2.24, 2.45) is 0 Å². The monoisotopic (exact) mass is 455 g/mol. The van der Waals surface area contributed by atoms with Crippen LogP contribution in [0.25, 0.3) is 16.3 Å². The lowest BCUT2D eigenvalue weighted by atomic mass is 10.0. The summed E-state index contributed by atoms with van der Waals surface area (Å²) in [5.74, 6) is -0.506. The molecule has 1 fully saturated rings. The minimum absolute atomic E-state index is 0.237. The number of nitrogens with one attached hydrogen (secondary N) is 1. The number of imide groups is 1. The predicted molar refractivity (Wildman–Crippen MR) is 134 cm³/mol. The topological polar surface area (TPSA) is 61.9 Å². The van der Waals surface area contributed by atoms with Crippen LogP contribution in [0.1, 0.15) is 17.5 Å². The van der Waals surface area contributed by atoms with Crippen molar-refractivity contribution >= 4 is 33.8 Å². The van der Waals surface area contributed by atoms with Gasteiger partial charge < -0.3 is 10.1 Å². The molecule has 3 aromatic rings. The molecule has 5 rings (SSSR count). The summed E-state index contributed by atoms with van der Waals surface area (Å²) >= 11 is 0. The van der Waals surface area contributed by atoms with Gasteiger partial charge in [-0.3, -0.25) is 19.4 Å². The Bertz CT molecular complexity index is 1240. The number of hydrogen-bond acceptors (Lipinski definition) is 5. The number of nitrogens with zero attached hydrogens (tertiary/aromatic N) is 2. The summed E-state index contributed by atoms with van der Waals surface area (Å²) in [6.07, 6.45) is 0.736. The summed E-state index contributed by atoms with van der Waals surface area (Å²) in [5.41, 5.74) is 3.45. The van der Waals surface area contributed by atoms with Crippen molar-refractivity contribution in [1.82, 2.24) is 9.80 Å². The van der Waals surface area contributed by atoms with Crippen molar-refractivity contribution in [3.05, 3.63) is 83.6 Å². The van der Waals surface area contributed by atoms with Crippen molar-refractivity contribution in [2.75, 3.05) is 44.7 Å². The predicted octanol–water partition coefficient (Wildman–Crippen LogP) is 4.06. The quantitative estimate of drug-likeness (QED) is 0.545. The van der Waals surface area contributed by atoms with Crippen LogP contribution in [-0.4, -0.2) is 61.0 Å². The fraction of sp³-hybridized carbons (Fsp3) is 0.286. The Morgan fingerprint density at radius 2 is 1.59 bits per heavy atom. The number of fused-ring (bicyclic) bond motifs is 1. The van der Waals surface area contributed by atoms with E-state index >= 15 is 0 Å². The molecule has 3 aromatic carbocycles. The SMILES string of the molecule is Cc1ccc(C2=C(Nc3cccc4ccccc34)C(=O)N(CCCN3CCOCC3)C2=O)cc1. The standard InChI is InChI=1S/C28H29N3O3/c1-20-10-12-22(13-11-20)25-26(29-24-9-4-7-21-6-2-3-8-23(21)24)28(33)31(27(25)32)15-5-14-30-16-18-34-19-17-30/h2-4,6-13,29H,5,14-19H2,1H3. The van der Waals surface area contributed by atoms with Crippen LogP contribution in [0.4, 0.5) is 5.69 Å². The van der Waals surface area contributed by atoms with Crippen LogP contribution in [0.5, 0.6) is 0 Å². The van der Waals surface area contributed by atoms with E-state index < -0.39 is 0 Å². The van der Waals surface area contributed by atoms with Gasteiger partial charge >= 0.3 is 0 Å². The lowest BCUT2D eigenvalue weighted by Gasteiger charge is -2.27. The van der Waals surface area contributed by atoms with Gasteiger partial charge in [-0.2, -0.15) is 0 Å². The lowest BCUT2D eigenvalue weighted by Crippen LogP contribution is -2.39. The van der Waals surface area contributed by atoms with Gasteiger partial charge in [-0.15, -0.1) is 0 Å². The third kappa shape index (κ3) is 4.47. The van der Waals surface area contributed by atoms with Gasteiger partial charge in [0, 0.05) is 37.3 Å². The van der Waals surface area contributed by atoms with Crippen molar-refractivity contribution in [3.8, 4) is 0 Å². The number of carbonyl (C=O) groups excluding carboxylic acids is 2. The van der Waals surface area contributed by atoms with Crippen LogP contribution in [0.3, 0.4) is 0 Å². The van der Waals surface area contributed by atoms with E-state index in [2.05, 4.69) is 10.2 Å². The molecular weight excluding hydrogens is 426 g/mol. The average molecular weight is 456 g/mol. The second-order valence-electron chi connectivity index (χ2n) is 8.84. The van der Waals surface area contributed by atoms with Gasteiger partial charge in [0.25, 0.3) is 11.8 Å². The first-order valence-electron chi connectivity index (χ1n) is 11.8.